The molecule has 0 aromatic heterocycles. The highest BCUT2D eigenvalue weighted by Gasteiger charge is 2.12. The number of ether oxygens (including phenoxy) is 1. The molecule has 3 N–H and O–H groups in total. The maximum absolute atomic E-state index is 12.1. The Hall–Kier alpha value is -3.35. The van der Waals surface area contributed by atoms with Crippen molar-refractivity contribution in [1.82, 2.24) is 10.6 Å². The molecule has 2 amide bonds. The molecule has 154 valence electrons. The smallest absolute Gasteiger partial charge is 0.407 e. The van der Waals surface area contributed by atoms with Gasteiger partial charge >= 0.3 is 6.09 Å². The summed E-state index contributed by atoms with van der Waals surface area (Å²) in [6, 6.07) is 18.9. The number of oxime groups is 1. The number of carbonyl (C=O) groups excluding carboxylic acids is 2. The predicted octanol–water partition coefficient (Wildman–Crippen LogP) is 3.27. The van der Waals surface area contributed by atoms with Crippen molar-refractivity contribution in [3.63, 3.8) is 0 Å². The van der Waals surface area contributed by atoms with Crippen LogP contribution in [0.1, 0.15) is 30.4 Å². The third kappa shape index (κ3) is 8.92. The van der Waals surface area contributed by atoms with Gasteiger partial charge in [0.15, 0.2) is 0 Å². The lowest BCUT2D eigenvalue weighted by atomic mass is 10.1. The molecule has 0 unspecified atom stereocenters. The van der Waals surface area contributed by atoms with E-state index in [1.165, 1.54) is 0 Å². The van der Waals surface area contributed by atoms with Crippen LogP contribution in [0.3, 0.4) is 0 Å². The first-order valence-electron chi connectivity index (χ1n) is 9.66. The first-order chi connectivity index (χ1) is 14.2. The lowest BCUT2D eigenvalue weighted by Gasteiger charge is -2.08. The van der Waals surface area contributed by atoms with Crippen molar-refractivity contribution in [2.45, 2.75) is 32.3 Å². The summed E-state index contributed by atoms with van der Waals surface area (Å²) in [7, 11) is 0. The van der Waals surface area contributed by atoms with Gasteiger partial charge in [0, 0.05) is 19.5 Å². The minimum atomic E-state index is -0.438. The second-order valence-electron chi connectivity index (χ2n) is 6.51. The van der Waals surface area contributed by atoms with Crippen molar-refractivity contribution in [3.8, 4) is 0 Å². The SMILES string of the molecule is O=C(NCCCCCNC(=O)/C(Cc1ccccc1)=N/O)OCc1ccccc1. The number of hydrogen-bond donors (Lipinski definition) is 3. The highest BCUT2D eigenvalue weighted by Crippen LogP contribution is 2.02. The number of nitrogens with one attached hydrogen (secondary N) is 2. The Morgan fingerprint density at radius 2 is 1.41 bits per heavy atom. The second kappa shape index (κ2) is 12.9. The monoisotopic (exact) mass is 397 g/mol. The molecule has 0 aliphatic heterocycles. The zero-order valence-corrected chi connectivity index (χ0v) is 16.3. The molecule has 7 nitrogen and oxygen atoms in total. The van der Waals surface area contributed by atoms with Gasteiger partial charge in [-0.25, -0.2) is 4.79 Å². The summed E-state index contributed by atoms with van der Waals surface area (Å²) in [5.74, 6) is -0.376. The minimum Gasteiger partial charge on any atom is -0.445 e. The topological polar surface area (TPSA) is 100 Å². The summed E-state index contributed by atoms with van der Waals surface area (Å²) in [6.07, 6.45) is 2.21. The predicted molar refractivity (Wildman–Crippen MR) is 111 cm³/mol. The van der Waals surface area contributed by atoms with Gasteiger partial charge in [0.05, 0.1) is 0 Å². The highest BCUT2D eigenvalue weighted by molar-refractivity contribution is 6.39. The van der Waals surface area contributed by atoms with Gasteiger partial charge in [-0.2, -0.15) is 0 Å². The minimum absolute atomic E-state index is 0.0824. The molecule has 2 aromatic rings. The van der Waals surface area contributed by atoms with Crippen LogP contribution in [0.5, 0.6) is 0 Å². The van der Waals surface area contributed by atoms with Crippen molar-refractivity contribution < 1.29 is 19.5 Å². The largest absolute Gasteiger partial charge is 0.445 e. The Kier molecular flexibility index (Phi) is 9.79. The van der Waals surface area contributed by atoms with Crippen LogP contribution in [0.25, 0.3) is 0 Å². The van der Waals surface area contributed by atoms with E-state index in [1.807, 2.05) is 60.7 Å². The molecule has 7 heteroatoms. The quantitative estimate of drug-likeness (QED) is 0.234. The Labute approximate surface area is 170 Å². The maximum Gasteiger partial charge on any atom is 0.407 e. The Balaban J connectivity index is 1.51. The fraction of sp³-hybridized carbons (Fsp3) is 0.318. The third-order valence-corrected chi connectivity index (χ3v) is 4.22. The van der Waals surface area contributed by atoms with Crippen molar-refractivity contribution >= 4 is 17.7 Å². The van der Waals surface area contributed by atoms with Crippen LogP contribution in [0, 0.1) is 0 Å². The zero-order valence-electron chi connectivity index (χ0n) is 16.3. The number of unbranched alkanes of at least 4 members (excludes halogenated alkanes) is 2. The van der Waals surface area contributed by atoms with Crippen LogP contribution in [-0.4, -0.2) is 36.0 Å². The molecule has 2 aromatic carbocycles. The average Bonchev–Trinajstić information content (AvgIpc) is 2.76. The van der Waals surface area contributed by atoms with E-state index in [9.17, 15) is 9.59 Å². The van der Waals surface area contributed by atoms with Gasteiger partial charge in [0.2, 0.25) is 0 Å². The van der Waals surface area contributed by atoms with Gasteiger partial charge in [0.25, 0.3) is 5.91 Å². The van der Waals surface area contributed by atoms with E-state index in [0.29, 0.717) is 13.1 Å². The summed E-state index contributed by atoms with van der Waals surface area (Å²) < 4.78 is 5.13. The summed E-state index contributed by atoms with van der Waals surface area (Å²) in [4.78, 5) is 23.7. The standard InChI is InChI=1S/C22H27N3O4/c26-21(20(25-28)16-18-10-4-1-5-11-18)23-14-8-3-9-15-24-22(27)29-17-19-12-6-2-7-13-19/h1-2,4-7,10-13,28H,3,8-9,14-17H2,(H,23,26)(H,24,27)/b25-20+. The van der Waals surface area contributed by atoms with E-state index in [0.717, 1.165) is 30.4 Å². The summed E-state index contributed by atoms with van der Waals surface area (Å²) in [6.45, 7) is 1.24. The number of alkyl carbamates (subject to hydrolysis) is 1. The van der Waals surface area contributed by atoms with Gasteiger partial charge in [-0.05, 0) is 30.4 Å². The van der Waals surface area contributed by atoms with Gasteiger partial charge in [-0.3, -0.25) is 4.79 Å². The molecule has 0 saturated carbocycles. The molecule has 29 heavy (non-hydrogen) atoms. The number of hydrogen-bond acceptors (Lipinski definition) is 5. The molecule has 0 aliphatic rings. The molecule has 0 bridgehead atoms. The molecule has 0 fully saturated rings. The number of rotatable bonds is 11. The number of benzene rings is 2. The highest BCUT2D eigenvalue weighted by atomic mass is 16.5. The molecule has 0 radical (unpaired) electrons. The zero-order chi connectivity index (χ0) is 20.7. The molecule has 2 rings (SSSR count). The van der Waals surface area contributed by atoms with E-state index in [4.69, 9.17) is 9.94 Å². The van der Waals surface area contributed by atoms with Crippen molar-refractivity contribution in [2.75, 3.05) is 13.1 Å². The fourth-order valence-corrected chi connectivity index (χ4v) is 2.65. The van der Waals surface area contributed by atoms with Crippen molar-refractivity contribution in [2.24, 2.45) is 5.16 Å². The lowest BCUT2D eigenvalue weighted by molar-refractivity contribution is -0.115. The molecule has 0 atom stereocenters. The second-order valence-corrected chi connectivity index (χ2v) is 6.51. The maximum atomic E-state index is 12.1. The normalized spacial score (nSPS) is 11.0. The Morgan fingerprint density at radius 3 is 2.03 bits per heavy atom. The van der Waals surface area contributed by atoms with E-state index >= 15 is 0 Å². The summed E-state index contributed by atoms with van der Waals surface area (Å²) >= 11 is 0. The van der Waals surface area contributed by atoms with Crippen LogP contribution < -0.4 is 10.6 Å². The number of amides is 2. The first-order valence-corrected chi connectivity index (χ1v) is 9.66. The van der Waals surface area contributed by atoms with Gasteiger partial charge in [-0.15, -0.1) is 0 Å². The van der Waals surface area contributed by atoms with Crippen LogP contribution >= 0.6 is 0 Å². The van der Waals surface area contributed by atoms with Crippen molar-refractivity contribution in [1.29, 1.82) is 0 Å². The summed E-state index contributed by atoms with van der Waals surface area (Å²) in [5.41, 5.74) is 1.93. The number of nitrogens with zero attached hydrogens (tertiary/aromatic N) is 1. The Morgan fingerprint density at radius 1 is 0.828 bits per heavy atom. The molecule has 0 saturated heterocycles. The van der Waals surface area contributed by atoms with Crippen LogP contribution in [0.4, 0.5) is 4.79 Å². The Bertz CT molecular complexity index is 779. The average molecular weight is 397 g/mol. The molecule has 0 aliphatic carbocycles. The van der Waals surface area contributed by atoms with E-state index < -0.39 is 6.09 Å². The van der Waals surface area contributed by atoms with E-state index in [2.05, 4.69) is 15.8 Å². The molecular formula is C22H27N3O4. The lowest BCUT2D eigenvalue weighted by Crippen LogP contribution is -2.33. The van der Waals surface area contributed by atoms with E-state index in [-0.39, 0.29) is 24.6 Å². The van der Waals surface area contributed by atoms with Crippen LogP contribution in [-0.2, 0) is 22.6 Å². The summed E-state index contributed by atoms with van der Waals surface area (Å²) in [5, 5.41) is 17.6. The molecular weight excluding hydrogens is 370 g/mol. The number of carbonyl (C=O) groups is 2. The first kappa shape index (κ1) is 21.9. The third-order valence-electron chi connectivity index (χ3n) is 4.22. The fourth-order valence-electron chi connectivity index (χ4n) is 2.65. The van der Waals surface area contributed by atoms with Gasteiger partial charge in [0.1, 0.15) is 12.3 Å². The van der Waals surface area contributed by atoms with Gasteiger partial charge < -0.3 is 20.6 Å². The molecule has 0 heterocycles. The van der Waals surface area contributed by atoms with Crippen LogP contribution in [0.2, 0.25) is 0 Å². The molecule has 0 spiro atoms. The van der Waals surface area contributed by atoms with Gasteiger partial charge in [-0.1, -0.05) is 65.8 Å². The van der Waals surface area contributed by atoms with Crippen molar-refractivity contribution in [3.05, 3.63) is 71.8 Å². The van der Waals surface area contributed by atoms with E-state index in [1.54, 1.807) is 0 Å². The van der Waals surface area contributed by atoms with Crippen LogP contribution in [0.15, 0.2) is 65.8 Å².